The van der Waals surface area contributed by atoms with Crippen molar-refractivity contribution in [1.29, 1.82) is 0 Å². The quantitative estimate of drug-likeness (QED) is 0.311. The van der Waals surface area contributed by atoms with E-state index < -0.39 is 0 Å². The summed E-state index contributed by atoms with van der Waals surface area (Å²) < 4.78 is 0. The van der Waals surface area contributed by atoms with Gasteiger partial charge in [-0.05, 0) is 38.1 Å². The van der Waals surface area contributed by atoms with Crippen LogP contribution in [0.5, 0.6) is 0 Å². The van der Waals surface area contributed by atoms with Crippen LogP contribution in [0.1, 0.15) is 32.1 Å². The summed E-state index contributed by atoms with van der Waals surface area (Å²) in [6.45, 7) is 0.552. The molecule has 0 saturated carbocycles. The van der Waals surface area contributed by atoms with Crippen LogP contribution in [-0.2, 0) is 9.59 Å². The Kier molecular flexibility index (Phi) is 11.6. The van der Waals surface area contributed by atoms with Crippen molar-refractivity contribution < 1.29 is 9.59 Å². The molecule has 0 rings (SSSR count). The van der Waals surface area contributed by atoms with Gasteiger partial charge in [0.2, 0.25) is 0 Å². The Bertz CT molecular complexity index is 191. The van der Waals surface area contributed by atoms with Gasteiger partial charge in [-0.3, -0.25) is 9.98 Å². The van der Waals surface area contributed by atoms with Gasteiger partial charge in [0.25, 0.3) is 0 Å². The van der Waals surface area contributed by atoms with Crippen molar-refractivity contribution in [1.82, 2.24) is 0 Å². The molecule has 0 atom stereocenters. The smallest absolute Gasteiger partial charge is 0.141 e. The SMILES string of the molecule is O=CCN=CCCCCCC=NCC=O. The topological polar surface area (TPSA) is 58.9 Å². The molecule has 0 bridgehead atoms. The lowest BCUT2D eigenvalue weighted by Crippen LogP contribution is -1.85. The Morgan fingerprint density at radius 2 is 1.20 bits per heavy atom. The molecular formula is C11H18N2O2. The van der Waals surface area contributed by atoms with Crippen molar-refractivity contribution >= 4 is 25.0 Å². The fourth-order valence-corrected chi connectivity index (χ4v) is 1.07. The van der Waals surface area contributed by atoms with E-state index in [0.29, 0.717) is 0 Å². The summed E-state index contributed by atoms with van der Waals surface area (Å²) in [6.07, 6.45) is 10.3. The summed E-state index contributed by atoms with van der Waals surface area (Å²) in [4.78, 5) is 27.6. The fraction of sp³-hybridized carbons (Fsp3) is 0.636. The molecule has 0 saturated heterocycles. The molecule has 0 aliphatic rings. The molecule has 0 radical (unpaired) electrons. The van der Waals surface area contributed by atoms with E-state index in [0.717, 1.165) is 44.7 Å². The van der Waals surface area contributed by atoms with Crippen LogP contribution in [0.15, 0.2) is 9.98 Å². The Morgan fingerprint density at radius 1 is 0.733 bits per heavy atom. The van der Waals surface area contributed by atoms with Gasteiger partial charge in [0.05, 0.1) is 13.1 Å². The van der Waals surface area contributed by atoms with Crippen molar-refractivity contribution in [3.8, 4) is 0 Å². The average Bonchev–Trinajstić information content (AvgIpc) is 2.26. The molecule has 0 amide bonds. The van der Waals surface area contributed by atoms with Crippen LogP contribution in [0.3, 0.4) is 0 Å². The molecule has 4 heteroatoms. The molecule has 0 aromatic heterocycles. The van der Waals surface area contributed by atoms with Gasteiger partial charge in [0.1, 0.15) is 12.6 Å². The normalized spacial score (nSPS) is 11.2. The summed E-state index contributed by atoms with van der Waals surface area (Å²) in [7, 11) is 0. The van der Waals surface area contributed by atoms with Gasteiger partial charge in [-0.1, -0.05) is 6.42 Å². The zero-order valence-electron chi connectivity index (χ0n) is 8.97. The number of carbonyl (C=O) groups excluding carboxylic acids is 2. The molecule has 0 aliphatic heterocycles. The average molecular weight is 210 g/mol. The lowest BCUT2D eigenvalue weighted by Gasteiger charge is -1.93. The number of hydrogen-bond donors (Lipinski definition) is 0. The van der Waals surface area contributed by atoms with Crippen LogP contribution in [-0.4, -0.2) is 38.1 Å². The first-order valence-corrected chi connectivity index (χ1v) is 5.25. The molecule has 0 spiro atoms. The van der Waals surface area contributed by atoms with Crippen LogP contribution in [0, 0.1) is 0 Å². The van der Waals surface area contributed by atoms with Gasteiger partial charge < -0.3 is 9.59 Å². The van der Waals surface area contributed by atoms with Crippen LogP contribution in [0.2, 0.25) is 0 Å². The standard InChI is InChI=1S/C11H18N2O2/c14-10-8-12-6-4-2-1-3-5-7-13-9-11-15/h6-7,10-11H,1-5,8-9H2. The monoisotopic (exact) mass is 210 g/mol. The molecule has 84 valence electrons. The number of carbonyl (C=O) groups is 2. The molecule has 15 heavy (non-hydrogen) atoms. The molecule has 0 aromatic rings. The first-order chi connectivity index (χ1) is 7.41. The van der Waals surface area contributed by atoms with Gasteiger partial charge in [-0.2, -0.15) is 0 Å². The molecule has 0 N–H and O–H groups in total. The first kappa shape index (κ1) is 13.7. The Morgan fingerprint density at radius 3 is 1.60 bits per heavy atom. The minimum absolute atomic E-state index is 0.276. The number of nitrogens with zero attached hydrogens (tertiary/aromatic N) is 2. The van der Waals surface area contributed by atoms with Gasteiger partial charge in [-0.15, -0.1) is 0 Å². The highest BCUT2D eigenvalue weighted by molar-refractivity contribution is 5.62. The highest BCUT2D eigenvalue weighted by Crippen LogP contribution is 2.00. The van der Waals surface area contributed by atoms with Crippen molar-refractivity contribution in [2.75, 3.05) is 13.1 Å². The number of aliphatic imine (C=N–C) groups is 2. The fourth-order valence-electron chi connectivity index (χ4n) is 1.07. The van der Waals surface area contributed by atoms with Gasteiger partial charge in [0.15, 0.2) is 0 Å². The van der Waals surface area contributed by atoms with E-state index in [-0.39, 0.29) is 13.1 Å². The first-order valence-electron chi connectivity index (χ1n) is 5.25. The minimum atomic E-state index is 0.276. The van der Waals surface area contributed by atoms with Gasteiger partial charge in [-0.25, -0.2) is 0 Å². The summed E-state index contributed by atoms with van der Waals surface area (Å²) in [5.41, 5.74) is 0. The van der Waals surface area contributed by atoms with E-state index in [1.807, 2.05) is 0 Å². The van der Waals surface area contributed by atoms with Crippen LogP contribution >= 0.6 is 0 Å². The summed E-state index contributed by atoms with van der Waals surface area (Å²) in [5.74, 6) is 0. The zero-order chi connectivity index (χ0) is 11.2. The van der Waals surface area contributed by atoms with Crippen LogP contribution < -0.4 is 0 Å². The van der Waals surface area contributed by atoms with Crippen LogP contribution in [0.4, 0.5) is 0 Å². The van der Waals surface area contributed by atoms with E-state index in [2.05, 4.69) is 9.98 Å². The van der Waals surface area contributed by atoms with E-state index in [1.165, 1.54) is 0 Å². The molecule has 0 aromatic carbocycles. The predicted octanol–water partition coefficient (Wildman–Crippen LogP) is 1.48. The zero-order valence-corrected chi connectivity index (χ0v) is 8.97. The van der Waals surface area contributed by atoms with E-state index in [9.17, 15) is 9.59 Å². The largest absolute Gasteiger partial charge is 0.301 e. The van der Waals surface area contributed by atoms with Crippen molar-refractivity contribution in [3.05, 3.63) is 0 Å². The van der Waals surface area contributed by atoms with Crippen molar-refractivity contribution in [3.63, 3.8) is 0 Å². The Balaban J connectivity index is 3.10. The third-order valence-electron chi connectivity index (χ3n) is 1.78. The summed E-state index contributed by atoms with van der Waals surface area (Å²) in [5, 5.41) is 0. The second-order valence-electron chi connectivity index (χ2n) is 3.07. The molecule has 0 heterocycles. The van der Waals surface area contributed by atoms with Crippen molar-refractivity contribution in [2.24, 2.45) is 9.98 Å². The Labute approximate surface area is 90.5 Å². The molecule has 4 nitrogen and oxygen atoms in total. The lowest BCUT2D eigenvalue weighted by atomic mass is 10.2. The third-order valence-corrected chi connectivity index (χ3v) is 1.78. The maximum atomic E-state index is 9.91. The van der Waals surface area contributed by atoms with Gasteiger partial charge >= 0.3 is 0 Å². The summed E-state index contributed by atoms with van der Waals surface area (Å²) in [6, 6.07) is 0. The summed E-state index contributed by atoms with van der Waals surface area (Å²) >= 11 is 0. The maximum absolute atomic E-state index is 9.91. The number of hydrogen-bond acceptors (Lipinski definition) is 4. The lowest BCUT2D eigenvalue weighted by molar-refractivity contribution is -0.107. The number of unbranched alkanes of at least 4 members (excludes halogenated alkanes) is 4. The van der Waals surface area contributed by atoms with Gasteiger partial charge in [0, 0.05) is 0 Å². The number of rotatable bonds is 10. The molecule has 0 unspecified atom stereocenters. The van der Waals surface area contributed by atoms with E-state index >= 15 is 0 Å². The highest BCUT2D eigenvalue weighted by Gasteiger charge is 1.86. The maximum Gasteiger partial charge on any atom is 0.141 e. The van der Waals surface area contributed by atoms with Crippen molar-refractivity contribution in [2.45, 2.75) is 32.1 Å². The number of aldehydes is 2. The highest BCUT2D eigenvalue weighted by atomic mass is 16.1. The van der Waals surface area contributed by atoms with E-state index in [4.69, 9.17) is 0 Å². The predicted molar refractivity (Wildman–Crippen MR) is 61.9 cm³/mol. The van der Waals surface area contributed by atoms with E-state index in [1.54, 1.807) is 12.4 Å². The molecule has 0 fully saturated rings. The minimum Gasteiger partial charge on any atom is -0.301 e. The second kappa shape index (κ2) is 12.7. The van der Waals surface area contributed by atoms with Crippen LogP contribution in [0.25, 0.3) is 0 Å². The molecular weight excluding hydrogens is 192 g/mol. The second-order valence-corrected chi connectivity index (χ2v) is 3.07. The Hall–Kier alpha value is -1.32. The molecule has 0 aliphatic carbocycles. The third kappa shape index (κ3) is 12.7.